The molecule has 0 bridgehead atoms. The average Bonchev–Trinajstić information content (AvgIpc) is 2.47. The average molecular weight is 201 g/mol. The predicted octanol–water partition coefficient (Wildman–Crippen LogP) is 0.590. The van der Waals surface area contributed by atoms with E-state index in [1.165, 1.54) is 0 Å². The molecule has 1 rings (SSSR count). The number of hydrogen-bond donors (Lipinski definition) is 1. The van der Waals surface area contributed by atoms with Crippen LogP contribution in [0, 0.1) is 0 Å². The monoisotopic (exact) mass is 201 g/mol. The molecule has 0 aromatic heterocycles. The van der Waals surface area contributed by atoms with Gasteiger partial charge in [-0.05, 0) is 13.3 Å². The molecule has 0 saturated carbocycles. The maximum atomic E-state index is 11.0. The Labute approximate surface area is 81.0 Å². The third kappa shape index (κ3) is 3.30. The summed E-state index contributed by atoms with van der Waals surface area (Å²) in [5.41, 5.74) is 0.988. The Morgan fingerprint density at radius 1 is 1.62 bits per heavy atom. The maximum absolute atomic E-state index is 11.0. The van der Waals surface area contributed by atoms with Gasteiger partial charge in [0.25, 0.3) is 0 Å². The molecule has 0 aliphatic heterocycles. The minimum atomic E-state index is -0.794. The number of hydrogen-bond acceptors (Lipinski definition) is 3. The van der Waals surface area contributed by atoms with Gasteiger partial charge in [0.1, 0.15) is 0 Å². The first-order valence-electron chi connectivity index (χ1n) is 4.39. The Kier molecular flexibility index (Phi) is 3.66. The highest BCUT2D eigenvalue weighted by Gasteiger charge is 2.12. The molecule has 0 fully saturated rings. The van der Waals surface area contributed by atoms with Crippen LogP contribution in [-0.2, 0) is 15.6 Å². The first kappa shape index (κ1) is 10.4. The van der Waals surface area contributed by atoms with Crippen molar-refractivity contribution in [2.45, 2.75) is 25.0 Å². The van der Waals surface area contributed by atoms with Gasteiger partial charge in [0.05, 0.1) is 0 Å². The lowest BCUT2D eigenvalue weighted by molar-refractivity contribution is -0.114. The molecule has 1 aliphatic rings. The highest BCUT2D eigenvalue weighted by molar-refractivity contribution is 7.84. The van der Waals surface area contributed by atoms with E-state index in [-0.39, 0.29) is 11.0 Å². The molecule has 13 heavy (non-hydrogen) atoms. The van der Waals surface area contributed by atoms with E-state index in [0.29, 0.717) is 13.0 Å². The molecule has 0 heterocycles. The van der Waals surface area contributed by atoms with E-state index in [2.05, 4.69) is 5.32 Å². The van der Waals surface area contributed by atoms with Crippen molar-refractivity contribution in [2.75, 3.05) is 12.8 Å². The third-order valence-electron chi connectivity index (χ3n) is 2.16. The summed E-state index contributed by atoms with van der Waals surface area (Å²) in [4.78, 5) is 10.9. The van der Waals surface area contributed by atoms with E-state index < -0.39 is 10.8 Å². The summed E-state index contributed by atoms with van der Waals surface area (Å²) >= 11 is 0. The topological polar surface area (TPSA) is 46.2 Å². The molecule has 0 saturated heterocycles. The minimum absolute atomic E-state index is 0.136. The van der Waals surface area contributed by atoms with Gasteiger partial charge >= 0.3 is 0 Å². The molecule has 0 aromatic rings. The Morgan fingerprint density at radius 2 is 2.31 bits per heavy atom. The number of carbonyl (C=O) groups is 1. The molecule has 1 aliphatic carbocycles. The van der Waals surface area contributed by atoms with Crippen molar-refractivity contribution in [3.8, 4) is 0 Å². The zero-order valence-electron chi connectivity index (χ0n) is 8.00. The number of rotatable bonds is 4. The van der Waals surface area contributed by atoms with Crippen LogP contribution in [0.25, 0.3) is 0 Å². The Hall–Kier alpha value is -0.640. The molecular formula is C9H15NO2S. The molecule has 3 nitrogen and oxygen atoms in total. The molecule has 1 N–H and O–H groups in total. The van der Waals surface area contributed by atoms with Gasteiger partial charge in [0, 0.05) is 47.0 Å². The summed E-state index contributed by atoms with van der Waals surface area (Å²) in [5, 5.41) is 3.28. The molecule has 2 atom stereocenters. The van der Waals surface area contributed by atoms with E-state index >= 15 is 0 Å². The van der Waals surface area contributed by atoms with Crippen LogP contribution in [-0.4, -0.2) is 28.0 Å². The quantitative estimate of drug-likeness (QED) is 0.724. The molecule has 0 spiro atoms. The van der Waals surface area contributed by atoms with Crippen molar-refractivity contribution >= 4 is 16.6 Å². The van der Waals surface area contributed by atoms with Crippen LogP contribution < -0.4 is 5.32 Å². The molecule has 4 heteroatoms. The van der Waals surface area contributed by atoms with Gasteiger partial charge in [-0.1, -0.05) is 0 Å². The van der Waals surface area contributed by atoms with Gasteiger partial charge < -0.3 is 5.32 Å². The molecule has 0 amide bonds. The normalized spacial score (nSPS) is 21.1. The van der Waals surface area contributed by atoms with Gasteiger partial charge in [-0.25, -0.2) is 0 Å². The number of allylic oxidation sites excluding steroid dienone is 2. The van der Waals surface area contributed by atoms with E-state index in [0.717, 1.165) is 12.1 Å². The first-order valence-corrected chi connectivity index (χ1v) is 6.01. The summed E-state index contributed by atoms with van der Waals surface area (Å²) in [7, 11) is -0.794. The number of carbonyl (C=O) groups excluding carboxylic acids is 1. The van der Waals surface area contributed by atoms with Crippen LogP contribution in [0.1, 0.15) is 19.8 Å². The van der Waals surface area contributed by atoms with E-state index in [9.17, 15) is 9.00 Å². The SMILES string of the molecule is CC(CNC1=CC(=O)CC1)S(C)=O. The van der Waals surface area contributed by atoms with Gasteiger partial charge in [0.15, 0.2) is 5.78 Å². The molecule has 2 unspecified atom stereocenters. The fourth-order valence-corrected chi connectivity index (χ4v) is 1.45. The fraction of sp³-hybridized carbons (Fsp3) is 0.667. The van der Waals surface area contributed by atoms with E-state index in [4.69, 9.17) is 0 Å². The van der Waals surface area contributed by atoms with Crippen LogP contribution in [0.2, 0.25) is 0 Å². The van der Waals surface area contributed by atoms with Crippen LogP contribution in [0.3, 0.4) is 0 Å². The van der Waals surface area contributed by atoms with Crippen LogP contribution >= 0.6 is 0 Å². The van der Waals surface area contributed by atoms with Gasteiger partial charge in [-0.3, -0.25) is 9.00 Å². The second-order valence-electron chi connectivity index (χ2n) is 3.33. The fourth-order valence-electron chi connectivity index (χ4n) is 1.13. The van der Waals surface area contributed by atoms with Crippen LogP contribution in [0.4, 0.5) is 0 Å². The molecule has 0 aromatic carbocycles. The van der Waals surface area contributed by atoms with Gasteiger partial charge in [0.2, 0.25) is 0 Å². The van der Waals surface area contributed by atoms with Crippen molar-refractivity contribution in [3.05, 3.63) is 11.8 Å². The minimum Gasteiger partial charge on any atom is -0.387 e. The van der Waals surface area contributed by atoms with E-state index in [1.807, 2.05) is 6.92 Å². The second-order valence-corrected chi connectivity index (χ2v) is 5.13. The molecule has 74 valence electrons. The summed E-state index contributed by atoms with van der Waals surface area (Å²) in [6.07, 6.45) is 4.76. The van der Waals surface area contributed by atoms with E-state index in [1.54, 1.807) is 12.3 Å². The Balaban J connectivity index is 2.31. The zero-order valence-corrected chi connectivity index (χ0v) is 8.82. The highest BCUT2D eigenvalue weighted by atomic mass is 32.2. The summed E-state index contributed by atoms with van der Waals surface area (Å²) in [6, 6.07) is 0. The van der Waals surface area contributed by atoms with Crippen molar-refractivity contribution in [1.29, 1.82) is 0 Å². The second kappa shape index (κ2) is 4.56. The highest BCUT2D eigenvalue weighted by Crippen LogP contribution is 2.11. The molecule has 0 radical (unpaired) electrons. The van der Waals surface area contributed by atoms with Gasteiger partial charge in [-0.15, -0.1) is 0 Å². The lowest BCUT2D eigenvalue weighted by atomic mass is 10.3. The number of nitrogens with one attached hydrogen (secondary N) is 1. The zero-order chi connectivity index (χ0) is 9.84. The Bertz CT molecular complexity index is 260. The maximum Gasteiger partial charge on any atom is 0.157 e. The first-order chi connectivity index (χ1) is 6.09. The standard InChI is InChI=1S/C9H15NO2S/c1-7(13(2)12)6-10-8-3-4-9(11)5-8/h5,7,10H,3-4,6H2,1-2H3. The summed E-state index contributed by atoms with van der Waals surface area (Å²) in [5.74, 6) is 0.188. The number of ketones is 1. The summed E-state index contributed by atoms with van der Waals surface area (Å²) in [6.45, 7) is 2.61. The van der Waals surface area contributed by atoms with Crippen molar-refractivity contribution < 1.29 is 9.00 Å². The van der Waals surface area contributed by atoms with Crippen LogP contribution in [0.15, 0.2) is 11.8 Å². The largest absolute Gasteiger partial charge is 0.387 e. The third-order valence-corrected chi connectivity index (χ3v) is 3.46. The van der Waals surface area contributed by atoms with Crippen molar-refractivity contribution in [2.24, 2.45) is 0 Å². The smallest absolute Gasteiger partial charge is 0.157 e. The molecular weight excluding hydrogens is 186 g/mol. The van der Waals surface area contributed by atoms with Crippen molar-refractivity contribution in [3.63, 3.8) is 0 Å². The lowest BCUT2D eigenvalue weighted by Gasteiger charge is -2.10. The van der Waals surface area contributed by atoms with Crippen molar-refractivity contribution in [1.82, 2.24) is 5.32 Å². The van der Waals surface area contributed by atoms with Gasteiger partial charge in [-0.2, -0.15) is 0 Å². The predicted molar refractivity (Wildman–Crippen MR) is 53.9 cm³/mol. The summed E-state index contributed by atoms with van der Waals surface area (Å²) < 4.78 is 11.0. The lowest BCUT2D eigenvalue weighted by Crippen LogP contribution is -2.26. The van der Waals surface area contributed by atoms with Crippen LogP contribution in [0.5, 0.6) is 0 Å². The Morgan fingerprint density at radius 3 is 2.77 bits per heavy atom.